The fraction of sp³-hybridized carbons (Fsp3) is 0.400. The molecule has 0 heterocycles. The lowest BCUT2D eigenvalue weighted by molar-refractivity contribution is -0.274. The van der Waals surface area contributed by atoms with E-state index in [1.54, 1.807) is 6.07 Å². The molecule has 2 nitrogen and oxygen atoms in total. The van der Waals surface area contributed by atoms with Crippen molar-refractivity contribution in [2.75, 3.05) is 5.32 Å². The number of ether oxygens (including phenoxy) is 1. The smallest absolute Gasteiger partial charge is 0.404 e. The van der Waals surface area contributed by atoms with E-state index in [1.807, 2.05) is 13.8 Å². The van der Waals surface area contributed by atoms with Crippen LogP contribution in [0, 0.1) is 0 Å². The molecule has 0 radical (unpaired) electrons. The Morgan fingerprint density at radius 2 is 1.94 bits per heavy atom. The van der Waals surface area contributed by atoms with Crippen LogP contribution in [0.3, 0.4) is 0 Å². The number of halogens is 4. The van der Waals surface area contributed by atoms with E-state index >= 15 is 0 Å². The fourth-order valence-corrected chi connectivity index (χ4v) is 1.48. The predicted molar refractivity (Wildman–Crippen MR) is 59.6 cm³/mol. The Kier molecular flexibility index (Phi) is 4.07. The molecule has 0 aliphatic heterocycles. The fourth-order valence-electron chi connectivity index (χ4n) is 1.14. The average Bonchev–Trinajstić information content (AvgIpc) is 2.06. The van der Waals surface area contributed by atoms with Gasteiger partial charge in [0.15, 0.2) is 5.75 Å². The van der Waals surface area contributed by atoms with Crippen LogP contribution in [-0.4, -0.2) is 12.4 Å². The van der Waals surface area contributed by atoms with E-state index in [2.05, 4.69) is 26.0 Å². The second-order valence-corrected chi connectivity index (χ2v) is 4.40. The van der Waals surface area contributed by atoms with E-state index in [1.165, 1.54) is 12.1 Å². The highest BCUT2D eigenvalue weighted by molar-refractivity contribution is 9.10. The number of benzene rings is 1. The molecule has 1 N–H and O–H groups in total. The van der Waals surface area contributed by atoms with Crippen LogP contribution in [-0.2, 0) is 0 Å². The molecular weight excluding hydrogens is 287 g/mol. The predicted octanol–water partition coefficient (Wildman–Crippen LogP) is 4.17. The molecule has 0 aliphatic rings. The summed E-state index contributed by atoms with van der Waals surface area (Å²) < 4.78 is 40.8. The van der Waals surface area contributed by atoms with Crippen LogP contribution in [0.4, 0.5) is 18.9 Å². The Morgan fingerprint density at radius 1 is 1.31 bits per heavy atom. The van der Waals surface area contributed by atoms with Gasteiger partial charge in [0.2, 0.25) is 0 Å². The van der Waals surface area contributed by atoms with Crippen LogP contribution < -0.4 is 10.1 Å². The van der Waals surface area contributed by atoms with Crippen molar-refractivity contribution in [2.45, 2.75) is 26.3 Å². The summed E-state index contributed by atoms with van der Waals surface area (Å²) in [5.74, 6) is -0.240. The van der Waals surface area contributed by atoms with Gasteiger partial charge in [-0.15, -0.1) is 13.2 Å². The van der Waals surface area contributed by atoms with Crippen molar-refractivity contribution in [3.8, 4) is 5.75 Å². The molecule has 16 heavy (non-hydrogen) atoms. The SMILES string of the molecule is CC(C)Nc1ccc(Br)cc1OC(F)(F)F. The zero-order valence-corrected chi connectivity index (χ0v) is 10.3. The summed E-state index contributed by atoms with van der Waals surface area (Å²) in [7, 11) is 0. The zero-order chi connectivity index (χ0) is 12.3. The van der Waals surface area contributed by atoms with Crippen molar-refractivity contribution in [1.82, 2.24) is 0 Å². The molecule has 1 rings (SSSR count). The van der Waals surface area contributed by atoms with Gasteiger partial charge in [-0.25, -0.2) is 0 Å². The summed E-state index contributed by atoms with van der Waals surface area (Å²) in [4.78, 5) is 0. The maximum absolute atomic E-state index is 12.1. The number of alkyl halides is 3. The number of hydrogen-bond acceptors (Lipinski definition) is 2. The molecule has 0 spiro atoms. The average molecular weight is 298 g/mol. The van der Waals surface area contributed by atoms with Gasteiger partial charge in [0.1, 0.15) is 0 Å². The van der Waals surface area contributed by atoms with Crippen LogP contribution in [0.2, 0.25) is 0 Å². The van der Waals surface area contributed by atoms with Gasteiger partial charge in [-0.05, 0) is 32.0 Å². The first-order valence-electron chi connectivity index (χ1n) is 4.60. The highest BCUT2D eigenvalue weighted by Gasteiger charge is 2.32. The van der Waals surface area contributed by atoms with Gasteiger partial charge >= 0.3 is 6.36 Å². The Morgan fingerprint density at radius 3 is 2.44 bits per heavy atom. The lowest BCUT2D eigenvalue weighted by Gasteiger charge is -2.16. The summed E-state index contributed by atoms with van der Waals surface area (Å²) in [6, 6.07) is 4.48. The van der Waals surface area contributed by atoms with Crippen LogP contribution in [0.5, 0.6) is 5.75 Å². The molecular formula is C10H11BrF3NO. The summed E-state index contributed by atoms with van der Waals surface area (Å²) >= 11 is 3.09. The molecule has 0 saturated heterocycles. The molecule has 0 atom stereocenters. The summed E-state index contributed by atoms with van der Waals surface area (Å²) in [6.07, 6.45) is -4.69. The van der Waals surface area contributed by atoms with Crippen molar-refractivity contribution in [1.29, 1.82) is 0 Å². The van der Waals surface area contributed by atoms with Gasteiger partial charge in [0.05, 0.1) is 5.69 Å². The molecule has 0 saturated carbocycles. The molecule has 0 unspecified atom stereocenters. The molecule has 0 bridgehead atoms. The van der Waals surface area contributed by atoms with Crippen LogP contribution in [0.15, 0.2) is 22.7 Å². The van der Waals surface area contributed by atoms with E-state index in [9.17, 15) is 13.2 Å². The van der Waals surface area contributed by atoms with Crippen LogP contribution >= 0.6 is 15.9 Å². The third-order valence-corrected chi connectivity index (χ3v) is 2.11. The van der Waals surface area contributed by atoms with E-state index in [4.69, 9.17) is 0 Å². The van der Waals surface area contributed by atoms with Gasteiger partial charge in [-0.3, -0.25) is 0 Å². The molecule has 6 heteroatoms. The normalized spacial score (nSPS) is 11.7. The first-order chi connectivity index (χ1) is 7.28. The molecule has 0 aliphatic carbocycles. The lowest BCUT2D eigenvalue weighted by atomic mass is 10.2. The van der Waals surface area contributed by atoms with Gasteiger partial charge in [-0.2, -0.15) is 0 Å². The number of rotatable bonds is 3. The van der Waals surface area contributed by atoms with Crippen molar-refractivity contribution in [2.24, 2.45) is 0 Å². The van der Waals surface area contributed by atoms with Gasteiger partial charge in [0, 0.05) is 10.5 Å². The first kappa shape index (κ1) is 13.2. The Balaban J connectivity index is 2.98. The van der Waals surface area contributed by atoms with Gasteiger partial charge in [-0.1, -0.05) is 15.9 Å². The third-order valence-electron chi connectivity index (χ3n) is 1.61. The number of anilines is 1. The molecule has 1 aromatic rings. The standard InChI is InChI=1S/C10H11BrF3NO/c1-6(2)15-8-4-3-7(11)5-9(8)16-10(12,13)14/h3-6,15H,1-2H3. The maximum atomic E-state index is 12.1. The van der Waals surface area contributed by atoms with E-state index in [0.717, 1.165) is 0 Å². The highest BCUT2D eigenvalue weighted by Crippen LogP contribution is 2.33. The number of nitrogens with one attached hydrogen (secondary N) is 1. The zero-order valence-electron chi connectivity index (χ0n) is 8.73. The monoisotopic (exact) mass is 297 g/mol. The van der Waals surface area contributed by atoms with Crippen LogP contribution in [0.1, 0.15) is 13.8 Å². The quantitative estimate of drug-likeness (QED) is 0.904. The van der Waals surface area contributed by atoms with E-state index in [-0.39, 0.29) is 11.8 Å². The molecule has 0 aromatic heterocycles. The lowest BCUT2D eigenvalue weighted by Crippen LogP contribution is -2.19. The Labute approximate surface area is 99.9 Å². The number of hydrogen-bond donors (Lipinski definition) is 1. The van der Waals surface area contributed by atoms with Crippen molar-refractivity contribution in [3.63, 3.8) is 0 Å². The van der Waals surface area contributed by atoms with Crippen molar-refractivity contribution >= 4 is 21.6 Å². The summed E-state index contributed by atoms with van der Waals surface area (Å²) in [5, 5.41) is 2.88. The molecule has 0 fully saturated rings. The molecule has 90 valence electrons. The highest BCUT2D eigenvalue weighted by atomic mass is 79.9. The van der Waals surface area contributed by atoms with Gasteiger partial charge < -0.3 is 10.1 Å². The molecule has 0 amide bonds. The topological polar surface area (TPSA) is 21.3 Å². The van der Waals surface area contributed by atoms with E-state index in [0.29, 0.717) is 10.2 Å². The summed E-state index contributed by atoms with van der Waals surface area (Å²) in [6.45, 7) is 3.67. The van der Waals surface area contributed by atoms with Crippen LogP contribution in [0.25, 0.3) is 0 Å². The minimum Gasteiger partial charge on any atom is -0.404 e. The van der Waals surface area contributed by atoms with Crippen molar-refractivity contribution < 1.29 is 17.9 Å². The third kappa shape index (κ3) is 4.30. The minimum absolute atomic E-state index is 0.0248. The van der Waals surface area contributed by atoms with E-state index < -0.39 is 6.36 Å². The second-order valence-electron chi connectivity index (χ2n) is 3.49. The Hall–Kier alpha value is -0.910. The first-order valence-corrected chi connectivity index (χ1v) is 5.39. The molecule has 1 aromatic carbocycles. The van der Waals surface area contributed by atoms with Gasteiger partial charge in [0.25, 0.3) is 0 Å². The van der Waals surface area contributed by atoms with Crippen molar-refractivity contribution in [3.05, 3.63) is 22.7 Å². The summed E-state index contributed by atoms with van der Waals surface area (Å²) in [5.41, 5.74) is 0.315. The second kappa shape index (κ2) is 4.95. The Bertz CT molecular complexity index is 366. The largest absolute Gasteiger partial charge is 0.573 e. The minimum atomic E-state index is -4.69. The maximum Gasteiger partial charge on any atom is 0.573 e.